The smallest absolute Gasteiger partial charge is 0.310 e. The summed E-state index contributed by atoms with van der Waals surface area (Å²) in [6, 6.07) is 2.18. The molecule has 1 heterocycles. The van der Waals surface area contributed by atoms with Crippen molar-refractivity contribution in [2.45, 2.75) is 58.0 Å². The minimum Gasteiger partial charge on any atom is -0.310 e. The van der Waals surface area contributed by atoms with Crippen LogP contribution in [-0.4, -0.2) is 11.0 Å². The van der Waals surface area contributed by atoms with E-state index < -0.39 is 0 Å². The summed E-state index contributed by atoms with van der Waals surface area (Å²) in [5, 5.41) is 16.3. The molecule has 1 aliphatic carbocycles. The van der Waals surface area contributed by atoms with Gasteiger partial charge in [0.25, 0.3) is 0 Å². The van der Waals surface area contributed by atoms with E-state index >= 15 is 0 Å². The number of nitro groups is 1. The van der Waals surface area contributed by atoms with E-state index in [9.17, 15) is 10.1 Å². The summed E-state index contributed by atoms with van der Waals surface area (Å²) in [7, 11) is 0. The molecule has 0 radical (unpaired) electrons. The fraction of sp³-hybridized carbons (Fsp3) is 0.714. The molecule has 19 heavy (non-hydrogen) atoms. The highest BCUT2D eigenvalue weighted by Crippen LogP contribution is 2.26. The molecule has 1 N–H and O–H groups in total. The van der Waals surface area contributed by atoms with Crippen LogP contribution in [0.4, 0.5) is 5.00 Å². The molecule has 0 aliphatic heterocycles. The minimum absolute atomic E-state index is 0.235. The molecule has 0 spiro atoms. The van der Waals surface area contributed by atoms with Gasteiger partial charge < -0.3 is 5.32 Å². The van der Waals surface area contributed by atoms with Crippen molar-refractivity contribution in [2.75, 3.05) is 0 Å². The standard InChI is InChI=1S/C14H22N2O2S/c1-11(13-6-4-2-3-5-7-13)15-9-12-8-14(16(17)18)19-10-12/h8,10-11,13,15H,2-7,9H2,1H3/t11-/m0/s1. The summed E-state index contributed by atoms with van der Waals surface area (Å²) in [6.45, 7) is 2.98. The molecule has 0 saturated heterocycles. The fourth-order valence-electron chi connectivity index (χ4n) is 2.81. The van der Waals surface area contributed by atoms with E-state index in [1.807, 2.05) is 5.38 Å². The Morgan fingerprint density at radius 1 is 1.42 bits per heavy atom. The molecule has 1 aromatic heterocycles. The molecule has 4 nitrogen and oxygen atoms in total. The van der Waals surface area contributed by atoms with E-state index in [4.69, 9.17) is 0 Å². The third-order valence-electron chi connectivity index (χ3n) is 4.05. The Morgan fingerprint density at radius 2 is 2.11 bits per heavy atom. The Labute approximate surface area is 118 Å². The van der Waals surface area contributed by atoms with E-state index in [0.717, 1.165) is 18.0 Å². The van der Waals surface area contributed by atoms with Crippen LogP contribution in [0.15, 0.2) is 11.4 Å². The van der Waals surface area contributed by atoms with Crippen molar-refractivity contribution < 1.29 is 4.92 Å². The molecule has 1 fully saturated rings. The first-order valence-electron chi connectivity index (χ1n) is 7.12. The molecule has 0 bridgehead atoms. The Kier molecular flexibility index (Phi) is 5.34. The second-order valence-corrected chi connectivity index (χ2v) is 6.36. The lowest BCUT2D eigenvalue weighted by atomic mass is 9.93. The number of hydrogen-bond donors (Lipinski definition) is 1. The van der Waals surface area contributed by atoms with Crippen LogP contribution in [0.3, 0.4) is 0 Å². The second-order valence-electron chi connectivity index (χ2n) is 5.47. The highest BCUT2D eigenvalue weighted by molar-refractivity contribution is 7.13. The average Bonchev–Trinajstić information content (AvgIpc) is 2.70. The first kappa shape index (κ1) is 14.5. The van der Waals surface area contributed by atoms with Gasteiger partial charge >= 0.3 is 5.00 Å². The lowest BCUT2D eigenvalue weighted by Crippen LogP contribution is -2.32. The first-order chi connectivity index (χ1) is 9.16. The minimum atomic E-state index is -0.317. The van der Waals surface area contributed by atoms with E-state index in [-0.39, 0.29) is 9.92 Å². The number of thiophene rings is 1. The van der Waals surface area contributed by atoms with Crippen LogP contribution in [-0.2, 0) is 6.54 Å². The number of rotatable bonds is 5. The zero-order chi connectivity index (χ0) is 13.7. The van der Waals surface area contributed by atoms with Crippen LogP contribution in [0.25, 0.3) is 0 Å². The van der Waals surface area contributed by atoms with Crippen LogP contribution in [0, 0.1) is 16.0 Å². The van der Waals surface area contributed by atoms with E-state index in [2.05, 4.69) is 12.2 Å². The predicted octanol–water partition coefficient (Wildman–Crippen LogP) is 4.10. The molecule has 1 aromatic rings. The Hall–Kier alpha value is -0.940. The summed E-state index contributed by atoms with van der Waals surface area (Å²) in [5.41, 5.74) is 1.03. The van der Waals surface area contributed by atoms with Gasteiger partial charge in [-0.05, 0) is 31.2 Å². The van der Waals surface area contributed by atoms with Gasteiger partial charge in [-0.3, -0.25) is 10.1 Å². The van der Waals surface area contributed by atoms with Crippen molar-refractivity contribution in [2.24, 2.45) is 5.92 Å². The predicted molar refractivity (Wildman–Crippen MR) is 78.5 cm³/mol. The lowest BCUT2D eigenvalue weighted by molar-refractivity contribution is -0.380. The zero-order valence-corrected chi connectivity index (χ0v) is 12.2. The molecule has 0 unspecified atom stereocenters. The summed E-state index contributed by atoms with van der Waals surface area (Å²) in [4.78, 5) is 10.3. The highest BCUT2D eigenvalue weighted by Gasteiger charge is 2.19. The number of hydrogen-bond acceptors (Lipinski definition) is 4. The Morgan fingerprint density at radius 3 is 2.68 bits per heavy atom. The third kappa shape index (κ3) is 4.28. The maximum atomic E-state index is 10.6. The maximum Gasteiger partial charge on any atom is 0.324 e. The van der Waals surface area contributed by atoms with Gasteiger partial charge in [0.1, 0.15) is 0 Å². The Balaban J connectivity index is 1.81. The van der Waals surface area contributed by atoms with Crippen molar-refractivity contribution in [1.82, 2.24) is 5.32 Å². The summed E-state index contributed by atoms with van der Waals surface area (Å²) in [6.07, 6.45) is 8.08. The third-order valence-corrected chi connectivity index (χ3v) is 4.98. The van der Waals surface area contributed by atoms with E-state index in [0.29, 0.717) is 6.04 Å². The van der Waals surface area contributed by atoms with Crippen molar-refractivity contribution in [1.29, 1.82) is 0 Å². The van der Waals surface area contributed by atoms with E-state index in [1.165, 1.54) is 49.9 Å². The lowest BCUT2D eigenvalue weighted by Gasteiger charge is -2.23. The molecule has 0 aromatic carbocycles. The second kappa shape index (κ2) is 7.01. The van der Waals surface area contributed by atoms with Crippen molar-refractivity contribution in [3.05, 3.63) is 27.1 Å². The van der Waals surface area contributed by atoms with Gasteiger partial charge in [-0.2, -0.15) is 0 Å². The quantitative estimate of drug-likeness (QED) is 0.502. The van der Waals surface area contributed by atoms with E-state index in [1.54, 1.807) is 6.07 Å². The van der Waals surface area contributed by atoms with Gasteiger partial charge in [0.2, 0.25) is 0 Å². The molecular weight excluding hydrogens is 260 g/mol. The summed E-state index contributed by atoms with van der Waals surface area (Å²) < 4.78 is 0. The van der Waals surface area contributed by atoms with Crippen molar-refractivity contribution in [3.63, 3.8) is 0 Å². The van der Waals surface area contributed by atoms with Gasteiger partial charge in [0, 0.05) is 24.0 Å². The topological polar surface area (TPSA) is 55.2 Å². The monoisotopic (exact) mass is 282 g/mol. The molecular formula is C14H22N2O2S. The maximum absolute atomic E-state index is 10.6. The normalized spacial score (nSPS) is 19.0. The van der Waals surface area contributed by atoms with Gasteiger partial charge in [0.05, 0.1) is 4.92 Å². The summed E-state index contributed by atoms with van der Waals surface area (Å²) >= 11 is 1.21. The van der Waals surface area contributed by atoms with Crippen LogP contribution in [0.2, 0.25) is 0 Å². The number of nitrogens with zero attached hydrogens (tertiary/aromatic N) is 1. The molecule has 2 rings (SSSR count). The SMILES string of the molecule is C[C@H](NCc1csc([N+](=O)[O-])c1)C1CCCCCC1. The molecule has 0 amide bonds. The van der Waals surface area contributed by atoms with Crippen LogP contribution in [0.1, 0.15) is 51.0 Å². The van der Waals surface area contributed by atoms with Gasteiger partial charge in [-0.15, -0.1) is 0 Å². The molecule has 1 saturated carbocycles. The highest BCUT2D eigenvalue weighted by atomic mass is 32.1. The van der Waals surface area contributed by atoms with Crippen LogP contribution in [0.5, 0.6) is 0 Å². The van der Waals surface area contributed by atoms with Gasteiger partial charge in [-0.25, -0.2) is 0 Å². The fourth-order valence-corrected chi connectivity index (χ4v) is 3.54. The van der Waals surface area contributed by atoms with Crippen molar-refractivity contribution >= 4 is 16.3 Å². The molecule has 1 aliphatic rings. The average molecular weight is 282 g/mol. The number of nitrogens with one attached hydrogen (secondary N) is 1. The molecule has 106 valence electrons. The van der Waals surface area contributed by atoms with Crippen LogP contribution >= 0.6 is 11.3 Å². The summed E-state index contributed by atoms with van der Waals surface area (Å²) in [5.74, 6) is 0.760. The van der Waals surface area contributed by atoms with Crippen molar-refractivity contribution in [3.8, 4) is 0 Å². The molecule has 5 heteroatoms. The molecule has 1 atom stereocenters. The Bertz CT molecular complexity index is 411. The zero-order valence-electron chi connectivity index (χ0n) is 11.4. The van der Waals surface area contributed by atoms with Gasteiger partial charge in [0.15, 0.2) is 0 Å². The first-order valence-corrected chi connectivity index (χ1v) is 8.00. The van der Waals surface area contributed by atoms with Crippen LogP contribution < -0.4 is 5.32 Å². The largest absolute Gasteiger partial charge is 0.324 e. The van der Waals surface area contributed by atoms with Gasteiger partial charge in [-0.1, -0.05) is 37.0 Å².